The number of thiazole rings is 1. The van der Waals surface area contributed by atoms with E-state index in [2.05, 4.69) is 20.9 Å². The van der Waals surface area contributed by atoms with Crippen LogP contribution in [0.1, 0.15) is 37.6 Å². The molecule has 0 saturated carbocycles. The average molecular weight is 545 g/mol. The highest BCUT2D eigenvalue weighted by Crippen LogP contribution is 2.34. The molecule has 3 amide bonds. The van der Waals surface area contributed by atoms with Gasteiger partial charge in [-0.15, -0.1) is 11.3 Å². The highest BCUT2D eigenvalue weighted by atomic mass is 32.2. The van der Waals surface area contributed by atoms with E-state index in [0.717, 1.165) is 26.7 Å². The third kappa shape index (κ3) is 4.25. The monoisotopic (exact) mass is 544 g/mol. The van der Waals surface area contributed by atoms with Crippen LogP contribution in [-0.2, 0) is 27.6 Å². The Morgan fingerprint density at radius 2 is 1.79 bits per heavy atom. The highest BCUT2D eigenvalue weighted by Gasteiger charge is 2.31. The molecule has 0 spiro atoms. The number of fused-ring (bicyclic) bond motifs is 3. The Bertz CT molecular complexity index is 1760. The lowest BCUT2D eigenvalue weighted by Crippen LogP contribution is -2.22. The second kappa shape index (κ2) is 9.19. The number of sulfone groups is 1. The minimum absolute atomic E-state index is 0.0149. The van der Waals surface area contributed by atoms with Gasteiger partial charge in [-0.05, 0) is 60.5 Å². The number of aryl methyl sites for hydroxylation is 1. The van der Waals surface area contributed by atoms with Gasteiger partial charge in [0.1, 0.15) is 5.01 Å². The molecule has 3 heterocycles. The van der Waals surface area contributed by atoms with Crippen LogP contribution in [0.25, 0.3) is 10.6 Å². The zero-order chi connectivity index (χ0) is 26.4. The molecule has 2 aliphatic rings. The molecule has 0 radical (unpaired) electrons. The molecular weight excluding hydrogens is 524 g/mol. The van der Waals surface area contributed by atoms with Crippen LogP contribution < -0.4 is 16.0 Å². The quantitative estimate of drug-likeness (QED) is 0.355. The largest absolute Gasteiger partial charge is 0.347 e. The third-order valence-corrected chi connectivity index (χ3v) is 9.34. The van der Waals surface area contributed by atoms with E-state index in [0.29, 0.717) is 12.8 Å². The normalized spacial score (nSPS) is 15.3. The van der Waals surface area contributed by atoms with E-state index >= 15 is 0 Å². The number of hydrogen-bond donors (Lipinski definition) is 3. The molecule has 38 heavy (non-hydrogen) atoms. The molecular formula is C27H20N4O5S2. The fourth-order valence-corrected chi connectivity index (χ4v) is 6.95. The Hall–Kier alpha value is -4.35. The van der Waals surface area contributed by atoms with Crippen LogP contribution in [0.3, 0.4) is 0 Å². The lowest BCUT2D eigenvalue weighted by atomic mass is 10.0. The summed E-state index contributed by atoms with van der Waals surface area (Å²) in [5.74, 6) is -0.955. The maximum atomic E-state index is 13.1. The van der Waals surface area contributed by atoms with Gasteiger partial charge in [-0.3, -0.25) is 14.4 Å². The summed E-state index contributed by atoms with van der Waals surface area (Å²) < 4.78 is 26.3. The number of carbonyl (C=O) groups is 3. The lowest BCUT2D eigenvalue weighted by Gasteiger charge is -2.17. The molecule has 0 fully saturated rings. The first-order valence-corrected chi connectivity index (χ1v) is 14.0. The van der Waals surface area contributed by atoms with Gasteiger partial charge in [-0.25, -0.2) is 13.4 Å². The first-order valence-electron chi connectivity index (χ1n) is 11.8. The van der Waals surface area contributed by atoms with Crippen LogP contribution in [0, 0.1) is 0 Å². The van der Waals surface area contributed by atoms with Crippen LogP contribution >= 0.6 is 11.3 Å². The molecule has 3 aromatic carbocycles. The van der Waals surface area contributed by atoms with Crippen molar-refractivity contribution in [1.82, 2.24) is 10.3 Å². The van der Waals surface area contributed by atoms with Crippen molar-refractivity contribution in [2.75, 3.05) is 10.6 Å². The summed E-state index contributed by atoms with van der Waals surface area (Å²) in [7, 11) is -3.94. The summed E-state index contributed by atoms with van der Waals surface area (Å²) in [6, 6.07) is 15.9. The van der Waals surface area contributed by atoms with Crippen LogP contribution in [0.5, 0.6) is 0 Å². The molecule has 190 valence electrons. The summed E-state index contributed by atoms with van der Waals surface area (Å²) in [4.78, 5) is 42.3. The molecule has 4 aromatic rings. The average Bonchev–Trinajstić information content (AvgIpc) is 3.37. The molecule has 2 aliphatic heterocycles. The van der Waals surface area contributed by atoms with Crippen molar-refractivity contribution in [3.05, 3.63) is 88.4 Å². The predicted molar refractivity (Wildman–Crippen MR) is 142 cm³/mol. The molecule has 0 unspecified atom stereocenters. The van der Waals surface area contributed by atoms with E-state index in [1.807, 2.05) is 18.2 Å². The van der Waals surface area contributed by atoms with Gasteiger partial charge < -0.3 is 16.0 Å². The van der Waals surface area contributed by atoms with Crippen molar-refractivity contribution in [3.8, 4) is 10.6 Å². The number of hydrogen-bond acceptors (Lipinski definition) is 7. The Balaban J connectivity index is 1.18. The number of nitrogens with zero attached hydrogens (tertiary/aromatic N) is 1. The zero-order valence-electron chi connectivity index (χ0n) is 19.8. The topological polar surface area (TPSA) is 134 Å². The summed E-state index contributed by atoms with van der Waals surface area (Å²) >= 11 is 1.44. The van der Waals surface area contributed by atoms with E-state index in [-0.39, 0.29) is 39.1 Å². The van der Waals surface area contributed by atoms with Gasteiger partial charge in [0.25, 0.3) is 11.8 Å². The van der Waals surface area contributed by atoms with Crippen molar-refractivity contribution in [3.63, 3.8) is 0 Å². The summed E-state index contributed by atoms with van der Waals surface area (Å²) in [6.07, 6.45) is 2.83. The van der Waals surface area contributed by atoms with Crippen LogP contribution in [0.2, 0.25) is 0 Å². The number of anilines is 2. The minimum Gasteiger partial charge on any atom is -0.347 e. The smallest absolute Gasteiger partial charge is 0.257 e. The maximum absolute atomic E-state index is 13.1. The molecule has 0 atom stereocenters. The fourth-order valence-electron chi connectivity index (χ4n) is 4.51. The van der Waals surface area contributed by atoms with Crippen LogP contribution in [0.4, 0.5) is 11.4 Å². The number of rotatable bonds is 4. The van der Waals surface area contributed by atoms with Gasteiger partial charge in [0.05, 0.1) is 27.6 Å². The van der Waals surface area contributed by atoms with E-state index in [1.165, 1.54) is 41.7 Å². The lowest BCUT2D eigenvalue weighted by molar-refractivity contribution is -0.116. The summed E-state index contributed by atoms with van der Waals surface area (Å²) in [6.45, 7) is 0.227. The second-order valence-corrected chi connectivity index (χ2v) is 11.9. The second-order valence-electron chi connectivity index (χ2n) is 8.90. The van der Waals surface area contributed by atoms with Crippen LogP contribution in [-0.4, -0.2) is 31.1 Å². The first kappa shape index (κ1) is 24.0. The fraction of sp³-hybridized carbons (Fsp3) is 0.111. The molecule has 1 aromatic heterocycles. The van der Waals surface area contributed by atoms with Crippen molar-refractivity contribution < 1.29 is 22.8 Å². The van der Waals surface area contributed by atoms with Crippen LogP contribution in [0.15, 0.2) is 76.7 Å². The summed E-state index contributed by atoms with van der Waals surface area (Å²) in [5, 5.41) is 9.11. The van der Waals surface area contributed by atoms with Crippen molar-refractivity contribution in [2.45, 2.75) is 29.2 Å². The Morgan fingerprint density at radius 1 is 0.947 bits per heavy atom. The predicted octanol–water partition coefficient (Wildman–Crippen LogP) is 4.02. The Morgan fingerprint density at radius 3 is 2.66 bits per heavy atom. The molecule has 0 saturated heterocycles. The van der Waals surface area contributed by atoms with Gasteiger partial charge in [0.2, 0.25) is 15.7 Å². The Labute approximate surface area is 221 Å². The van der Waals surface area contributed by atoms with E-state index in [9.17, 15) is 22.8 Å². The minimum atomic E-state index is -3.94. The number of nitrogens with one attached hydrogen (secondary N) is 3. The maximum Gasteiger partial charge on any atom is 0.257 e. The summed E-state index contributed by atoms with van der Waals surface area (Å²) in [5.41, 5.74) is 3.15. The number of amides is 3. The molecule has 6 rings (SSSR count). The molecule has 9 nitrogen and oxygen atoms in total. The van der Waals surface area contributed by atoms with E-state index < -0.39 is 21.7 Å². The third-order valence-electron chi connectivity index (χ3n) is 6.43. The van der Waals surface area contributed by atoms with Crippen molar-refractivity contribution in [2.24, 2.45) is 0 Å². The molecule has 3 N–H and O–H groups in total. The van der Waals surface area contributed by atoms with Gasteiger partial charge in [-0.1, -0.05) is 12.1 Å². The van der Waals surface area contributed by atoms with E-state index in [1.54, 1.807) is 18.3 Å². The van der Waals surface area contributed by atoms with Gasteiger partial charge in [0, 0.05) is 34.3 Å². The van der Waals surface area contributed by atoms with Crippen molar-refractivity contribution in [1.29, 1.82) is 0 Å². The number of benzene rings is 3. The number of aromatic nitrogens is 1. The Kier molecular flexibility index (Phi) is 5.81. The van der Waals surface area contributed by atoms with Gasteiger partial charge in [-0.2, -0.15) is 0 Å². The number of carbonyl (C=O) groups excluding carboxylic acids is 3. The van der Waals surface area contributed by atoms with Crippen molar-refractivity contribution >= 4 is 50.3 Å². The van der Waals surface area contributed by atoms with E-state index in [4.69, 9.17) is 0 Å². The molecule has 11 heteroatoms. The van der Waals surface area contributed by atoms with Gasteiger partial charge in [0.15, 0.2) is 0 Å². The zero-order valence-corrected chi connectivity index (χ0v) is 21.4. The molecule has 0 aliphatic carbocycles. The standard InChI is InChI=1S/C27H20N4O5S2/c32-24-10-7-15-11-17(5-8-20(15)30-24)27-29-14-18(37-27)13-28-25(33)16-6-9-23-21(12-16)31-26(34)19-3-1-2-4-22(19)38(23,35)36/h1-6,8-9,11-12,14H,7,10,13H2,(H,28,33)(H,30,32)(H,31,34). The highest BCUT2D eigenvalue weighted by molar-refractivity contribution is 7.91. The van der Waals surface area contributed by atoms with Gasteiger partial charge >= 0.3 is 0 Å². The SMILES string of the molecule is O=C1CCc2cc(-c3ncc(CNC(=O)c4ccc5c(c4)NC(=O)c4ccccc4S5(=O)=O)s3)ccc2N1. The molecule has 0 bridgehead atoms. The first-order chi connectivity index (χ1) is 18.3.